The monoisotopic (exact) mass is 324 g/mol. The number of hydrogen-bond donors (Lipinski definition) is 0. The average Bonchev–Trinajstić information content (AvgIpc) is 2.90. The Morgan fingerprint density at radius 3 is 2.87 bits per heavy atom. The van der Waals surface area contributed by atoms with Gasteiger partial charge in [0.15, 0.2) is 0 Å². The summed E-state index contributed by atoms with van der Waals surface area (Å²) >= 11 is 1.71. The number of nitrogens with zero attached hydrogens (tertiary/aromatic N) is 2. The molecule has 2 heterocycles. The zero-order chi connectivity index (χ0) is 16.0. The van der Waals surface area contributed by atoms with E-state index in [1.54, 1.807) is 22.2 Å². The number of thiophene rings is 1. The first-order chi connectivity index (χ1) is 11.1. The average molecular weight is 324 g/mol. The Balaban J connectivity index is 1.78. The standard InChI is InChI=1S/C19H20N2OS/c1-12-3-6-14(7-4-12)10-21-11-20-18-17(19(21)22)15-8-5-13(2)9-16(15)23-18/h3-4,6-7,11,13H,5,8-10H2,1-2H3. The minimum Gasteiger partial charge on any atom is -0.294 e. The second-order valence-electron chi connectivity index (χ2n) is 6.70. The molecule has 4 rings (SSSR count). The number of rotatable bonds is 2. The molecule has 0 N–H and O–H groups in total. The topological polar surface area (TPSA) is 34.9 Å². The molecule has 0 fully saturated rings. The zero-order valence-electron chi connectivity index (χ0n) is 13.5. The second-order valence-corrected chi connectivity index (χ2v) is 7.78. The van der Waals surface area contributed by atoms with Crippen LogP contribution in [0.2, 0.25) is 0 Å². The number of benzene rings is 1. The Hall–Kier alpha value is -1.94. The lowest BCUT2D eigenvalue weighted by Gasteiger charge is -2.17. The van der Waals surface area contributed by atoms with E-state index < -0.39 is 0 Å². The Labute approximate surface area is 139 Å². The molecule has 0 bridgehead atoms. The van der Waals surface area contributed by atoms with Gasteiger partial charge in [-0.2, -0.15) is 0 Å². The van der Waals surface area contributed by atoms with Gasteiger partial charge in [-0.05, 0) is 43.2 Å². The maximum atomic E-state index is 12.9. The van der Waals surface area contributed by atoms with Crippen molar-refractivity contribution in [2.24, 2.45) is 5.92 Å². The third kappa shape index (κ3) is 2.61. The van der Waals surface area contributed by atoms with Gasteiger partial charge in [0.2, 0.25) is 0 Å². The largest absolute Gasteiger partial charge is 0.294 e. The van der Waals surface area contributed by atoms with Gasteiger partial charge < -0.3 is 0 Å². The molecule has 1 aliphatic carbocycles. The second kappa shape index (κ2) is 5.60. The Morgan fingerprint density at radius 2 is 2.09 bits per heavy atom. The van der Waals surface area contributed by atoms with E-state index in [-0.39, 0.29) is 5.56 Å². The van der Waals surface area contributed by atoms with Crippen molar-refractivity contribution in [1.29, 1.82) is 0 Å². The first kappa shape index (κ1) is 14.6. The number of aromatic nitrogens is 2. The molecule has 4 heteroatoms. The summed E-state index contributed by atoms with van der Waals surface area (Å²) < 4.78 is 1.75. The fourth-order valence-corrected chi connectivity index (χ4v) is 4.71. The third-order valence-corrected chi connectivity index (χ3v) is 5.92. The molecule has 118 valence electrons. The van der Waals surface area contributed by atoms with E-state index >= 15 is 0 Å². The third-order valence-electron chi connectivity index (χ3n) is 4.76. The fraction of sp³-hybridized carbons (Fsp3) is 0.368. The van der Waals surface area contributed by atoms with Gasteiger partial charge >= 0.3 is 0 Å². The van der Waals surface area contributed by atoms with Crippen LogP contribution in [0.3, 0.4) is 0 Å². The van der Waals surface area contributed by atoms with Crippen molar-refractivity contribution >= 4 is 21.6 Å². The van der Waals surface area contributed by atoms with E-state index in [1.165, 1.54) is 22.4 Å². The van der Waals surface area contributed by atoms with Gasteiger partial charge in [0.1, 0.15) is 4.83 Å². The van der Waals surface area contributed by atoms with E-state index in [2.05, 4.69) is 43.1 Å². The summed E-state index contributed by atoms with van der Waals surface area (Å²) in [5, 5.41) is 0.867. The molecule has 0 spiro atoms. The molecule has 1 aromatic carbocycles. The van der Waals surface area contributed by atoms with Crippen molar-refractivity contribution in [1.82, 2.24) is 9.55 Å². The summed E-state index contributed by atoms with van der Waals surface area (Å²) in [5.74, 6) is 0.713. The number of fused-ring (bicyclic) bond motifs is 3. The lowest BCUT2D eigenvalue weighted by atomic mass is 9.89. The summed E-state index contributed by atoms with van der Waals surface area (Å²) in [5.41, 5.74) is 3.74. The minimum atomic E-state index is 0.114. The van der Waals surface area contributed by atoms with Crippen molar-refractivity contribution in [2.45, 2.75) is 39.7 Å². The molecule has 3 aromatic rings. The highest BCUT2D eigenvalue weighted by atomic mass is 32.1. The molecule has 3 nitrogen and oxygen atoms in total. The Kier molecular flexibility index (Phi) is 3.57. The Bertz CT molecular complexity index is 921. The first-order valence-electron chi connectivity index (χ1n) is 8.17. The van der Waals surface area contributed by atoms with Gasteiger partial charge in [0, 0.05) is 4.88 Å². The van der Waals surface area contributed by atoms with Crippen LogP contribution in [0.1, 0.15) is 34.9 Å². The molecule has 0 saturated carbocycles. The van der Waals surface area contributed by atoms with Crippen LogP contribution in [0.5, 0.6) is 0 Å². The SMILES string of the molecule is Cc1ccc(Cn2cnc3sc4c(c3c2=O)CCC(C)C4)cc1. The van der Waals surface area contributed by atoms with Crippen LogP contribution in [0.4, 0.5) is 0 Å². The van der Waals surface area contributed by atoms with E-state index in [0.29, 0.717) is 12.5 Å². The molecule has 1 unspecified atom stereocenters. The molecule has 1 aliphatic rings. The van der Waals surface area contributed by atoms with Gasteiger partial charge in [-0.15, -0.1) is 11.3 Å². The highest BCUT2D eigenvalue weighted by Gasteiger charge is 2.23. The summed E-state index contributed by atoms with van der Waals surface area (Å²) in [6.45, 7) is 4.95. The molecule has 0 amide bonds. The lowest BCUT2D eigenvalue weighted by Crippen LogP contribution is -2.22. The molecule has 0 radical (unpaired) electrons. The maximum absolute atomic E-state index is 12.9. The zero-order valence-corrected chi connectivity index (χ0v) is 14.3. The quantitative estimate of drug-likeness (QED) is 0.715. The van der Waals surface area contributed by atoms with Gasteiger partial charge in [-0.3, -0.25) is 9.36 Å². The maximum Gasteiger partial charge on any atom is 0.262 e. The van der Waals surface area contributed by atoms with Gasteiger partial charge in [0.05, 0.1) is 18.3 Å². The Morgan fingerprint density at radius 1 is 1.30 bits per heavy atom. The molecular weight excluding hydrogens is 304 g/mol. The summed E-state index contributed by atoms with van der Waals surface area (Å²) in [6.07, 6.45) is 4.98. The molecule has 2 aromatic heterocycles. The highest BCUT2D eigenvalue weighted by Crippen LogP contribution is 2.35. The van der Waals surface area contributed by atoms with Crippen LogP contribution in [0.15, 0.2) is 35.4 Å². The van der Waals surface area contributed by atoms with Gasteiger partial charge in [-0.25, -0.2) is 4.98 Å². The number of aryl methyl sites for hydroxylation is 2. The van der Waals surface area contributed by atoms with Crippen molar-refractivity contribution in [3.8, 4) is 0 Å². The van der Waals surface area contributed by atoms with Crippen molar-refractivity contribution in [3.05, 3.63) is 62.5 Å². The molecule has 1 atom stereocenters. The predicted molar refractivity (Wildman–Crippen MR) is 95.4 cm³/mol. The van der Waals surface area contributed by atoms with Crippen LogP contribution < -0.4 is 5.56 Å². The van der Waals surface area contributed by atoms with E-state index in [9.17, 15) is 4.79 Å². The predicted octanol–water partition coefficient (Wildman–Crippen LogP) is 3.94. The van der Waals surface area contributed by atoms with Crippen molar-refractivity contribution < 1.29 is 0 Å². The van der Waals surface area contributed by atoms with Crippen LogP contribution in [0.25, 0.3) is 10.2 Å². The summed E-state index contributed by atoms with van der Waals surface area (Å²) in [6, 6.07) is 8.33. The van der Waals surface area contributed by atoms with Crippen LogP contribution in [-0.2, 0) is 19.4 Å². The molecule has 0 saturated heterocycles. The summed E-state index contributed by atoms with van der Waals surface area (Å²) in [7, 11) is 0. The lowest BCUT2D eigenvalue weighted by molar-refractivity contribution is 0.509. The number of hydrogen-bond acceptors (Lipinski definition) is 3. The van der Waals surface area contributed by atoms with Crippen molar-refractivity contribution in [3.63, 3.8) is 0 Å². The van der Waals surface area contributed by atoms with Gasteiger partial charge in [-0.1, -0.05) is 36.8 Å². The van der Waals surface area contributed by atoms with Crippen LogP contribution in [0, 0.1) is 12.8 Å². The van der Waals surface area contributed by atoms with Crippen molar-refractivity contribution in [2.75, 3.05) is 0 Å². The van der Waals surface area contributed by atoms with E-state index in [1.807, 2.05) is 0 Å². The molecular formula is C19H20N2OS. The van der Waals surface area contributed by atoms with E-state index in [0.717, 1.165) is 28.6 Å². The van der Waals surface area contributed by atoms with Crippen LogP contribution >= 0.6 is 11.3 Å². The first-order valence-corrected chi connectivity index (χ1v) is 8.98. The molecule has 0 aliphatic heterocycles. The van der Waals surface area contributed by atoms with E-state index in [4.69, 9.17) is 0 Å². The fourth-order valence-electron chi connectivity index (χ4n) is 3.37. The smallest absolute Gasteiger partial charge is 0.262 e. The molecule has 23 heavy (non-hydrogen) atoms. The van der Waals surface area contributed by atoms with Crippen LogP contribution in [-0.4, -0.2) is 9.55 Å². The van der Waals surface area contributed by atoms with Gasteiger partial charge in [0.25, 0.3) is 5.56 Å². The minimum absolute atomic E-state index is 0.114. The normalized spacial score (nSPS) is 17.4. The summed E-state index contributed by atoms with van der Waals surface area (Å²) in [4.78, 5) is 19.8. The highest BCUT2D eigenvalue weighted by molar-refractivity contribution is 7.18.